The van der Waals surface area contributed by atoms with Crippen LogP contribution in [0, 0.1) is 12.5 Å². The number of imidazole rings is 1. The molecule has 162 valence electrons. The van der Waals surface area contributed by atoms with E-state index in [0.717, 1.165) is 39.6 Å². The molecule has 6 rings (SSSR count). The molecule has 2 aliphatic heterocycles. The molecule has 1 atom stereocenters. The molecule has 2 aromatic carbocycles. The summed E-state index contributed by atoms with van der Waals surface area (Å²) in [6, 6.07) is 15.8. The van der Waals surface area contributed by atoms with Crippen molar-refractivity contribution < 1.29 is 9.90 Å². The maximum absolute atomic E-state index is 12.5. The third-order valence-corrected chi connectivity index (χ3v) is 6.53. The number of carbonyl (C=O) groups is 1. The molecular formula is C26H21N5O2. The van der Waals surface area contributed by atoms with Gasteiger partial charge in [-0.05, 0) is 35.4 Å². The number of anilines is 1. The number of benzene rings is 2. The Morgan fingerprint density at radius 2 is 1.97 bits per heavy atom. The molecular weight excluding hydrogens is 414 g/mol. The van der Waals surface area contributed by atoms with Crippen LogP contribution in [-0.2, 0) is 11.3 Å². The molecule has 0 aliphatic carbocycles. The summed E-state index contributed by atoms with van der Waals surface area (Å²) in [6.07, 6.45) is 6.27. The van der Waals surface area contributed by atoms with Crippen molar-refractivity contribution in [2.24, 2.45) is 5.92 Å². The van der Waals surface area contributed by atoms with E-state index in [1.165, 1.54) is 0 Å². The quantitative estimate of drug-likeness (QED) is 0.431. The Morgan fingerprint density at radius 1 is 1.12 bits per heavy atom. The van der Waals surface area contributed by atoms with Gasteiger partial charge in [0.05, 0.1) is 18.0 Å². The van der Waals surface area contributed by atoms with Gasteiger partial charge in [-0.1, -0.05) is 24.3 Å². The molecule has 2 aliphatic rings. The molecule has 0 bridgehead atoms. The molecule has 2 aromatic heterocycles. The van der Waals surface area contributed by atoms with E-state index in [0.29, 0.717) is 25.2 Å². The maximum atomic E-state index is 12.5. The minimum atomic E-state index is -0.00980. The highest BCUT2D eigenvalue weighted by molar-refractivity contribution is 5.96. The lowest BCUT2D eigenvalue weighted by molar-refractivity contribution is -0.117. The van der Waals surface area contributed by atoms with Gasteiger partial charge < -0.3 is 14.6 Å². The van der Waals surface area contributed by atoms with Gasteiger partial charge in [0.15, 0.2) is 11.5 Å². The fourth-order valence-corrected chi connectivity index (χ4v) is 4.84. The number of nitrogens with zero attached hydrogens (tertiary/aromatic N) is 5. The zero-order valence-electron chi connectivity index (χ0n) is 17.8. The van der Waals surface area contributed by atoms with Gasteiger partial charge in [-0.25, -0.2) is 9.83 Å². The van der Waals surface area contributed by atoms with Crippen LogP contribution >= 0.6 is 0 Å². The Labute approximate surface area is 191 Å². The van der Waals surface area contributed by atoms with Crippen molar-refractivity contribution in [3.63, 3.8) is 0 Å². The third-order valence-electron chi connectivity index (χ3n) is 6.53. The van der Waals surface area contributed by atoms with Gasteiger partial charge >= 0.3 is 0 Å². The highest BCUT2D eigenvalue weighted by Gasteiger charge is 2.31. The van der Waals surface area contributed by atoms with Crippen molar-refractivity contribution in [3.8, 4) is 28.3 Å². The first-order valence-electron chi connectivity index (χ1n) is 10.9. The van der Waals surface area contributed by atoms with Gasteiger partial charge in [-0.15, -0.1) is 0 Å². The predicted molar refractivity (Wildman–Crippen MR) is 125 cm³/mol. The van der Waals surface area contributed by atoms with Crippen LogP contribution in [0.1, 0.15) is 12.0 Å². The van der Waals surface area contributed by atoms with Gasteiger partial charge in [0.2, 0.25) is 5.91 Å². The molecule has 4 heterocycles. The maximum Gasteiger partial charge on any atom is 0.227 e. The van der Waals surface area contributed by atoms with Crippen LogP contribution in [0.15, 0.2) is 67.1 Å². The number of amides is 1. The number of aliphatic hydroxyl groups is 1. The van der Waals surface area contributed by atoms with Crippen LogP contribution in [0.2, 0.25) is 0 Å². The van der Waals surface area contributed by atoms with Crippen molar-refractivity contribution in [2.45, 2.75) is 13.0 Å². The van der Waals surface area contributed by atoms with E-state index in [1.807, 2.05) is 42.6 Å². The molecule has 1 saturated heterocycles. The molecule has 1 fully saturated rings. The van der Waals surface area contributed by atoms with Crippen molar-refractivity contribution in [1.29, 1.82) is 0 Å². The first kappa shape index (κ1) is 19.5. The number of carbonyl (C=O) groups excluding carboxylic acids is 1. The fraction of sp³-hybridized carbons (Fsp3) is 0.192. The summed E-state index contributed by atoms with van der Waals surface area (Å²) in [5, 5.41) is 9.49. The minimum Gasteiger partial charge on any atom is -0.396 e. The highest BCUT2D eigenvalue weighted by atomic mass is 16.3. The Hall–Kier alpha value is -4.15. The minimum absolute atomic E-state index is 0.00980. The second kappa shape index (κ2) is 7.47. The smallest absolute Gasteiger partial charge is 0.227 e. The zero-order chi connectivity index (χ0) is 22.5. The van der Waals surface area contributed by atoms with Gasteiger partial charge in [-0.2, -0.15) is 0 Å². The molecule has 0 spiro atoms. The number of aliphatic hydroxyl groups excluding tert-OH is 1. The normalized spacial score (nSPS) is 16.7. The van der Waals surface area contributed by atoms with E-state index in [9.17, 15) is 9.90 Å². The molecule has 1 N–H and O–H groups in total. The molecule has 7 heteroatoms. The zero-order valence-corrected chi connectivity index (χ0v) is 17.8. The van der Waals surface area contributed by atoms with E-state index >= 15 is 0 Å². The van der Waals surface area contributed by atoms with Crippen LogP contribution < -0.4 is 4.90 Å². The second-order valence-electron chi connectivity index (χ2n) is 8.59. The molecule has 0 unspecified atom stereocenters. The van der Waals surface area contributed by atoms with Crippen LogP contribution in [0.25, 0.3) is 33.2 Å². The molecule has 0 radical (unpaired) electrons. The summed E-state index contributed by atoms with van der Waals surface area (Å²) < 4.78 is 4.28. The molecule has 7 nitrogen and oxygen atoms in total. The molecule has 1 amide bonds. The van der Waals surface area contributed by atoms with E-state index in [2.05, 4.69) is 37.3 Å². The van der Waals surface area contributed by atoms with Gasteiger partial charge in [0.1, 0.15) is 0 Å². The van der Waals surface area contributed by atoms with Crippen molar-refractivity contribution in [2.75, 3.05) is 18.1 Å². The van der Waals surface area contributed by atoms with E-state index in [1.54, 1.807) is 11.1 Å². The Kier molecular flexibility index (Phi) is 4.42. The first-order valence-corrected chi connectivity index (χ1v) is 10.9. The molecule has 4 aromatic rings. The Balaban J connectivity index is 1.43. The van der Waals surface area contributed by atoms with E-state index in [4.69, 9.17) is 6.57 Å². The highest BCUT2D eigenvalue weighted by Crippen LogP contribution is 2.36. The van der Waals surface area contributed by atoms with E-state index in [-0.39, 0.29) is 18.4 Å². The lowest BCUT2D eigenvalue weighted by Crippen LogP contribution is -2.25. The molecule has 0 saturated carbocycles. The van der Waals surface area contributed by atoms with Crippen LogP contribution in [0.3, 0.4) is 0 Å². The average molecular weight is 435 g/mol. The summed E-state index contributed by atoms with van der Waals surface area (Å²) in [5.74, 6) is 0.908. The second-order valence-corrected chi connectivity index (χ2v) is 8.59. The largest absolute Gasteiger partial charge is 0.396 e. The van der Waals surface area contributed by atoms with Gasteiger partial charge in [0, 0.05) is 61.9 Å². The third kappa shape index (κ3) is 3.15. The van der Waals surface area contributed by atoms with Crippen LogP contribution in [0.4, 0.5) is 11.4 Å². The predicted octanol–water partition coefficient (Wildman–Crippen LogP) is 4.27. The van der Waals surface area contributed by atoms with Crippen LogP contribution in [-0.4, -0.2) is 38.3 Å². The first-order chi connectivity index (χ1) is 16.1. The average Bonchev–Trinajstić information content (AvgIpc) is 3.56. The fourth-order valence-electron chi connectivity index (χ4n) is 4.84. The summed E-state index contributed by atoms with van der Waals surface area (Å²) in [4.78, 5) is 22.4. The van der Waals surface area contributed by atoms with Gasteiger partial charge in [0.25, 0.3) is 0 Å². The monoisotopic (exact) mass is 435 g/mol. The Morgan fingerprint density at radius 3 is 2.73 bits per heavy atom. The van der Waals surface area contributed by atoms with E-state index < -0.39 is 0 Å². The summed E-state index contributed by atoms with van der Waals surface area (Å²) in [6.45, 7) is 8.39. The topological polar surface area (TPSA) is 67.7 Å². The van der Waals surface area contributed by atoms with Crippen molar-refractivity contribution >= 4 is 17.3 Å². The number of aromatic nitrogens is 3. The lowest BCUT2D eigenvalue weighted by atomic mass is 10.1. The van der Waals surface area contributed by atoms with Crippen molar-refractivity contribution in [1.82, 2.24) is 14.1 Å². The summed E-state index contributed by atoms with van der Waals surface area (Å²) in [7, 11) is 0. The number of hydrogen-bond donors (Lipinski definition) is 1. The lowest BCUT2D eigenvalue weighted by Gasteiger charge is -2.19. The Bertz CT molecular complexity index is 1420. The number of hydrogen-bond acceptors (Lipinski definition) is 3. The summed E-state index contributed by atoms with van der Waals surface area (Å²) in [5.41, 5.74) is 6.75. The van der Waals surface area contributed by atoms with Gasteiger partial charge in [-0.3, -0.25) is 9.36 Å². The number of fused-ring (bicyclic) bond motifs is 5. The molecule has 33 heavy (non-hydrogen) atoms. The van der Waals surface area contributed by atoms with Crippen LogP contribution in [0.5, 0.6) is 0 Å². The summed E-state index contributed by atoms with van der Waals surface area (Å²) >= 11 is 0. The van der Waals surface area contributed by atoms with Crippen molar-refractivity contribution in [3.05, 3.63) is 84.1 Å². The number of rotatable bonds is 3. The standard InChI is InChI=1S/C26H21N5O2/c1-27-21-4-2-18(3-5-21)19-12-24-26-28-8-9-30(26)23-7-6-22(11-20(23)15-29(24)14-19)31-13-17(16-32)10-25(31)33/h2-9,11-12,14,17,32H,10,13,15-16H2/t17-/m1/s1. The SMILES string of the molecule is [C-]#[N+]c1ccc(-c2cc3n(c2)Cc2cc(N4C[C@H](CO)CC4=O)ccc2-n2ccnc2-3)cc1.